The number of anilines is 1. The van der Waals surface area contributed by atoms with Gasteiger partial charge in [-0.25, -0.2) is 0 Å². The zero-order valence-electron chi connectivity index (χ0n) is 11.0. The molecule has 0 fully saturated rings. The van der Waals surface area contributed by atoms with Crippen molar-refractivity contribution in [1.82, 2.24) is 0 Å². The summed E-state index contributed by atoms with van der Waals surface area (Å²) >= 11 is 0. The fourth-order valence-electron chi connectivity index (χ4n) is 1.98. The van der Waals surface area contributed by atoms with E-state index in [1.807, 2.05) is 0 Å². The summed E-state index contributed by atoms with van der Waals surface area (Å²) in [5.41, 5.74) is 0.222. The molecule has 8 heteroatoms. The van der Waals surface area contributed by atoms with E-state index in [9.17, 15) is 13.2 Å². The lowest BCUT2D eigenvalue weighted by Crippen LogP contribution is -2.33. The maximum absolute atomic E-state index is 12.1. The van der Waals surface area contributed by atoms with E-state index in [-0.39, 0.29) is 22.8 Å². The highest BCUT2D eigenvalue weighted by atomic mass is 32.2. The zero-order chi connectivity index (χ0) is 14.9. The van der Waals surface area contributed by atoms with Crippen LogP contribution in [0.4, 0.5) is 5.69 Å². The Balaban J connectivity index is 2.59. The summed E-state index contributed by atoms with van der Waals surface area (Å²) in [7, 11) is -2.52. The van der Waals surface area contributed by atoms with Crippen LogP contribution in [-0.4, -0.2) is 32.4 Å². The van der Waals surface area contributed by atoms with Gasteiger partial charge in [0.15, 0.2) is 0 Å². The first-order valence-corrected chi connectivity index (χ1v) is 7.36. The summed E-state index contributed by atoms with van der Waals surface area (Å²) in [6, 6.07) is 4.51. The van der Waals surface area contributed by atoms with Gasteiger partial charge < -0.3 is 15.2 Å². The second-order valence-corrected chi connectivity index (χ2v) is 5.78. The molecule has 0 aliphatic carbocycles. The van der Waals surface area contributed by atoms with E-state index >= 15 is 0 Å². The number of carbonyl (C=O) groups is 1. The number of benzene rings is 1. The third kappa shape index (κ3) is 2.34. The van der Waals surface area contributed by atoms with Gasteiger partial charge in [-0.3, -0.25) is 4.79 Å². The Kier molecular flexibility index (Phi) is 3.67. The largest absolute Gasteiger partial charge is 0.495 e. The first-order chi connectivity index (χ1) is 9.40. The number of nitrogens with zero attached hydrogens (tertiary/aromatic N) is 1. The van der Waals surface area contributed by atoms with Crippen LogP contribution in [0.1, 0.15) is 13.3 Å². The van der Waals surface area contributed by atoms with E-state index in [1.54, 1.807) is 13.0 Å². The molecule has 108 valence electrons. The molecule has 0 radical (unpaired) electrons. The quantitative estimate of drug-likeness (QED) is 0.868. The Labute approximate surface area is 116 Å². The Hall–Kier alpha value is -2.09. The molecule has 0 amide bonds. The van der Waals surface area contributed by atoms with Crippen molar-refractivity contribution >= 4 is 27.5 Å². The molecular formula is C12H14N2O5S. The van der Waals surface area contributed by atoms with Crippen molar-refractivity contribution in [2.75, 3.05) is 12.4 Å². The predicted molar refractivity (Wildman–Crippen MR) is 72.7 cm³/mol. The number of aliphatic carboxylic acids is 1. The van der Waals surface area contributed by atoms with Gasteiger partial charge in [-0.2, -0.15) is 8.42 Å². The lowest BCUT2D eigenvalue weighted by Gasteiger charge is -2.23. The lowest BCUT2D eigenvalue weighted by atomic mass is 10.1. The van der Waals surface area contributed by atoms with Crippen molar-refractivity contribution < 1.29 is 23.1 Å². The van der Waals surface area contributed by atoms with Gasteiger partial charge in [0.05, 0.1) is 7.11 Å². The summed E-state index contributed by atoms with van der Waals surface area (Å²) in [6.45, 7) is 1.65. The maximum atomic E-state index is 12.1. The van der Waals surface area contributed by atoms with Crippen molar-refractivity contribution in [3.8, 4) is 5.75 Å². The highest BCUT2D eigenvalue weighted by Gasteiger charge is 2.32. The number of amidine groups is 1. The third-order valence-electron chi connectivity index (χ3n) is 2.99. The van der Waals surface area contributed by atoms with Crippen molar-refractivity contribution in [2.24, 2.45) is 10.3 Å². The van der Waals surface area contributed by atoms with Gasteiger partial charge in [-0.05, 0) is 18.6 Å². The molecule has 2 rings (SSSR count). The van der Waals surface area contributed by atoms with Gasteiger partial charge >= 0.3 is 5.97 Å². The maximum Gasteiger partial charge on any atom is 0.314 e. The molecule has 0 bridgehead atoms. The van der Waals surface area contributed by atoms with E-state index < -0.39 is 21.9 Å². The van der Waals surface area contributed by atoms with Gasteiger partial charge in [0, 0.05) is 0 Å². The van der Waals surface area contributed by atoms with Crippen LogP contribution in [0.3, 0.4) is 0 Å². The van der Waals surface area contributed by atoms with E-state index in [1.165, 1.54) is 19.2 Å². The number of hydrogen-bond acceptors (Lipinski definition) is 5. The molecule has 1 unspecified atom stereocenters. The highest BCUT2D eigenvalue weighted by molar-refractivity contribution is 7.90. The first kappa shape index (κ1) is 14.3. The summed E-state index contributed by atoms with van der Waals surface area (Å²) in [6.07, 6.45) is 0.223. The standard InChI is InChI=1S/C12H14N2O5S/c1-3-7(12(15)16)11-13-10-8(19-2)5-4-6-9(10)20(17,18)14-11/h4-7H,3H2,1-2H3,(H,13,14)(H,15,16). The number of fused-ring (bicyclic) bond motifs is 1. The molecule has 1 aliphatic rings. The Morgan fingerprint density at radius 1 is 1.50 bits per heavy atom. The Morgan fingerprint density at radius 3 is 2.75 bits per heavy atom. The number of nitrogens with one attached hydrogen (secondary N) is 1. The predicted octanol–water partition coefficient (Wildman–Crippen LogP) is 1.32. The normalized spacial score (nSPS) is 17.4. The molecule has 1 aromatic rings. The van der Waals surface area contributed by atoms with Crippen LogP contribution in [0.25, 0.3) is 0 Å². The molecule has 0 saturated carbocycles. The van der Waals surface area contributed by atoms with Gasteiger partial charge in [0.2, 0.25) is 0 Å². The van der Waals surface area contributed by atoms with Crippen LogP contribution in [0.15, 0.2) is 27.5 Å². The molecule has 1 atom stereocenters. The van der Waals surface area contributed by atoms with Gasteiger partial charge in [-0.1, -0.05) is 13.0 Å². The van der Waals surface area contributed by atoms with Crippen LogP contribution in [-0.2, 0) is 14.8 Å². The average Bonchev–Trinajstić information content (AvgIpc) is 2.37. The summed E-state index contributed by atoms with van der Waals surface area (Å²) in [5, 5.41) is 11.9. The number of carboxylic acids is 1. The second kappa shape index (κ2) is 5.12. The lowest BCUT2D eigenvalue weighted by molar-refractivity contribution is -0.139. The molecule has 0 saturated heterocycles. The van der Waals surface area contributed by atoms with Crippen LogP contribution in [0.2, 0.25) is 0 Å². The minimum absolute atomic E-state index is 0.0270. The Bertz CT molecular complexity index is 681. The summed E-state index contributed by atoms with van der Waals surface area (Å²) in [5.74, 6) is -1.93. The summed E-state index contributed by atoms with van der Waals surface area (Å²) < 4.78 is 32.9. The number of para-hydroxylation sites is 1. The number of methoxy groups -OCH3 is 1. The molecule has 1 heterocycles. The van der Waals surface area contributed by atoms with Gasteiger partial charge in [-0.15, -0.1) is 4.40 Å². The fourth-order valence-corrected chi connectivity index (χ4v) is 3.17. The molecule has 0 aromatic heterocycles. The van der Waals surface area contributed by atoms with Crippen LogP contribution in [0, 0.1) is 5.92 Å². The van der Waals surface area contributed by atoms with Gasteiger partial charge in [0.25, 0.3) is 10.0 Å². The fraction of sp³-hybridized carbons (Fsp3) is 0.333. The summed E-state index contributed by atoms with van der Waals surface area (Å²) in [4.78, 5) is 11.1. The highest BCUT2D eigenvalue weighted by Crippen LogP contribution is 2.36. The van der Waals surface area contributed by atoms with E-state index in [2.05, 4.69) is 9.71 Å². The number of carboxylic acid groups (broad SMARTS) is 1. The third-order valence-corrected chi connectivity index (χ3v) is 4.33. The minimum atomic E-state index is -3.93. The molecule has 7 nitrogen and oxygen atoms in total. The number of hydrogen-bond donors (Lipinski definition) is 2. The van der Waals surface area contributed by atoms with Crippen LogP contribution < -0.4 is 10.1 Å². The van der Waals surface area contributed by atoms with Crippen LogP contribution >= 0.6 is 0 Å². The zero-order valence-corrected chi connectivity index (χ0v) is 11.8. The van der Waals surface area contributed by atoms with Crippen LogP contribution in [0.5, 0.6) is 5.75 Å². The second-order valence-electron chi connectivity index (χ2n) is 4.21. The minimum Gasteiger partial charge on any atom is -0.495 e. The number of ether oxygens (including phenoxy) is 1. The SMILES string of the molecule is CCC(C(=O)O)C1=NS(=O)(=O)c2cccc(OC)c2N1. The van der Waals surface area contributed by atoms with Gasteiger partial charge in [0.1, 0.15) is 28.1 Å². The molecule has 2 N–H and O–H groups in total. The molecule has 1 aliphatic heterocycles. The molecular weight excluding hydrogens is 284 g/mol. The smallest absolute Gasteiger partial charge is 0.314 e. The van der Waals surface area contributed by atoms with E-state index in [0.29, 0.717) is 5.75 Å². The van der Waals surface area contributed by atoms with Crippen molar-refractivity contribution in [1.29, 1.82) is 0 Å². The number of rotatable bonds is 4. The van der Waals surface area contributed by atoms with E-state index in [0.717, 1.165) is 0 Å². The molecule has 0 spiro atoms. The monoisotopic (exact) mass is 298 g/mol. The van der Waals surface area contributed by atoms with E-state index in [4.69, 9.17) is 9.84 Å². The number of sulfonamides is 1. The molecule has 20 heavy (non-hydrogen) atoms. The molecule has 1 aromatic carbocycles. The van der Waals surface area contributed by atoms with Crippen molar-refractivity contribution in [3.63, 3.8) is 0 Å². The van der Waals surface area contributed by atoms with Crippen molar-refractivity contribution in [3.05, 3.63) is 18.2 Å². The first-order valence-electron chi connectivity index (χ1n) is 5.92. The Morgan fingerprint density at radius 2 is 2.20 bits per heavy atom. The topological polar surface area (TPSA) is 105 Å². The van der Waals surface area contributed by atoms with Crippen molar-refractivity contribution in [2.45, 2.75) is 18.2 Å². The average molecular weight is 298 g/mol.